The standard InChI is InChI=1S/C29H27ClF2N2O4/c1-33-28(37)16-10-15-19(35)12-20(36)23(15)27(32)25(16)24-17-13-29(22-8-5-9-34-22,14-6-3-2-4-7-14)38-21(17)11-18(31)26(24)30/h2-4,6-7,10-11,19-20,22,34-36H,5,8-9,12-13H2,1H3,(H,33,37)/t19?,20?,22-,29-/m0/s1. The topological polar surface area (TPSA) is 90.8 Å². The minimum Gasteiger partial charge on any atom is -0.480 e. The van der Waals surface area contributed by atoms with Gasteiger partial charge in [-0.3, -0.25) is 4.79 Å². The van der Waals surface area contributed by atoms with Crippen molar-refractivity contribution in [3.05, 3.63) is 86.9 Å². The molecule has 4 N–H and O–H groups in total. The zero-order valence-electron chi connectivity index (χ0n) is 20.7. The fourth-order valence-corrected chi connectivity index (χ4v) is 6.60. The van der Waals surface area contributed by atoms with Crippen LogP contribution in [0.5, 0.6) is 5.75 Å². The minimum atomic E-state index is -1.28. The number of rotatable bonds is 4. The first kappa shape index (κ1) is 25.2. The van der Waals surface area contributed by atoms with E-state index in [1.807, 2.05) is 30.3 Å². The van der Waals surface area contributed by atoms with Gasteiger partial charge in [-0.05, 0) is 36.6 Å². The van der Waals surface area contributed by atoms with Gasteiger partial charge in [-0.2, -0.15) is 0 Å². The third-order valence-corrected chi connectivity index (χ3v) is 8.47. The number of nitrogens with one attached hydrogen (secondary N) is 2. The zero-order chi connectivity index (χ0) is 26.8. The smallest absolute Gasteiger partial charge is 0.251 e. The van der Waals surface area contributed by atoms with E-state index < -0.39 is 35.4 Å². The maximum Gasteiger partial charge on any atom is 0.251 e. The summed E-state index contributed by atoms with van der Waals surface area (Å²) in [7, 11) is 1.40. The van der Waals surface area contributed by atoms with E-state index in [9.17, 15) is 15.0 Å². The van der Waals surface area contributed by atoms with E-state index in [-0.39, 0.29) is 57.5 Å². The summed E-state index contributed by atoms with van der Waals surface area (Å²) < 4.78 is 38.3. The molecule has 0 spiro atoms. The first-order valence-electron chi connectivity index (χ1n) is 12.7. The summed E-state index contributed by atoms with van der Waals surface area (Å²) in [6.45, 7) is 0.807. The highest BCUT2D eigenvalue weighted by atomic mass is 35.5. The first-order valence-corrected chi connectivity index (χ1v) is 13.1. The summed E-state index contributed by atoms with van der Waals surface area (Å²) in [6.07, 6.45) is -0.487. The van der Waals surface area contributed by atoms with Crippen LogP contribution in [0.2, 0.25) is 5.02 Å². The molecule has 1 aliphatic carbocycles. The monoisotopic (exact) mass is 540 g/mol. The van der Waals surface area contributed by atoms with Crippen LogP contribution >= 0.6 is 11.6 Å². The molecule has 1 amide bonds. The van der Waals surface area contributed by atoms with Crippen LogP contribution in [0.1, 0.15) is 64.1 Å². The molecule has 3 aliphatic rings. The van der Waals surface area contributed by atoms with Crippen molar-refractivity contribution in [3.63, 3.8) is 0 Å². The second-order valence-corrected chi connectivity index (χ2v) is 10.5. The predicted octanol–water partition coefficient (Wildman–Crippen LogP) is 4.70. The second-order valence-electron chi connectivity index (χ2n) is 10.2. The number of benzene rings is 3. The number of aliphatic hydroxyl groups excluding tert-OH is 2. The Morgan fingerprint density at radius 1 is 1.16 bits per heavy atom. The molecule has 0 aromatic heterocycles. The Hall–Kier alpha value is -3.04. The Morgan fingerprint density at radius 3 is 2.61 bits per heavy atom. The molecule has 2 aliphatic heterocycles. The van der Waals surface area contributed by atoms with Gasteiger partial charge in [-0.25, -0.2) is 8.78 Å². The molecule has 3 aromatic rings. The van der Waals surface area contributed by atoms with Gasteiger partial charge in [0.15, 0.2) is 5.60 Å². The summed E-state index contributed by atoms with van der Waals surface area (Å²) in [6, 6.07) is 12.1. The molecule has 6 nitrogen and oxygen atoms in total. The van der Waals surface area contributed by atoms with Gasteiger partial charge in [-0.15, -0.1) is 0 Å². The fourth-order valence-electron chi connectivity index (χ4n) is 6.34. The van der Waals surface area contributed by atoms with Crippen molar-refractivity contribution in [2.75, 3.05) is 13.6 Å². The lowest BCUT2D eigenvalue weighted by Gasteiger charge is -2.35. The summed E-state index contributed by atoms with van der Waals surface area (Å²) >= 11 is 6.56. The molecular formula is C29H27ClF2N2O4. The average molecular weight is 541 g/mol. The Balaban J connectivity index is 1.62. The number of hydrogen-bond donors (Lipinski definition) is 4. The second kappa shape index (κ2) is 9.31. The van der Waals surface area contributed by atoms with Gasteiger partial charge in [0, 0.05) is 48.2 Å². The molecule has 1 fully saturated rings. The normalized spacial score (nSPS) is 25.7. The van der Waals surface area contributed by atoms with Crippen LogP contribution in [0, 0.1) is 11.6 Å². The molecule has 3 aromatic carbocycles. The summed E-state index contributed by atoms with van der Waals surface area (Å²) in [5.74, 6) is -2.12. The van der Waals surface area contributed by atoms with Gasteiger partial charge in [0.2, 0.25) is 0 Å². The largest absolute Gasteiger partial charge is 0.480 e. The lowest BCUT2D eigenvalue weighted by Crippen LogP contribution is -2.48. The van der Waals surface area contributed by atoms with E-state index in [0.29, 0.717) is 5.56 Å². The van der Waals surface area contributed by atoms with E-state index in [0.717, 1.165) is 24.9 Å². The lowest BCUT2D eigenvalue weighted by molar-refractivity contribution is 0.0539. The molecule has 2 heterocycles. The van der Waals surface area contributed by atoms with E-state index in [1.54, 1.807) is 0 Å². The summed E-state index contributed by atoms with van der Waals surface area (Å²) in [5, 5.41) is 26.6. The minimum absolute atomic E-state index is 0.0185. The van der Waals surface area contributed by atoms with Crippen LogP contribution in [-0.2, 0) is 12.0 Å². The number of carbonyl (C=O) groups excluding carboxylic acids is 1. The highest BCUT2D eigenvalue weighted by molar-refractivity contribution is 6.34. The van der Waals surface area contributed by atoms with Crippen LogP contribution < -0.4 is 15.4 Å². The zero-order valence-corrected chi connectivity index (χ0v) is 21.4. The van der Waals surface area contributed by atoms with E-state index in [1.165, 1.54) is 19.2 Å². The van der Waals surface area contributed by atoms with Crippen LogP contribution in [-0.4, -0.2) is 35.8 Å². The number of aliphatic hydroxyl groups is 2. The van der Waals surface area contributed by atoms with Crippen LogP contribution in [0.3, 0.4) is 0 Å². The highest BCUT2D eigenvalue weighted by Crippen LogP contribution is 2.53. The van der Waals surface area contributed by atoms with Crippen molar-refractivity contribution >= 4 is 17.5 Å². The molecular weight excluding hydrogens is 514 g/mol. The number of halogens is 3. The molecule has 6 rings (SSSR count). The highest BCUT2D eigenvalue weighted by Gasteiger charge is 2.50. The lowest BCUT2D eigenvalue weighted by atomic mass is 9.80. The molecule has 0 saturated carbocycles. The van der Waals surface area contributed by atoms with Crippen molar-refractivity contribution in [2.45, 2.75) is 49.5 Å². The SMILES string of the molecule is CNC(=O)c1cc2c(c(F)c1-c1c(Cl)c(F)cc3c1C[C@](c1ccccc1)([C@@H]1CCCN1)O3)C(O)CC2O. The molecule has 38 heavy (non-hydrogen) atoms. The van der Waals surface area contributed by atoms with Gasteiger partial charge in [0.1, 0.15) is 17.4 Å². The van der Waals surface area contributed by atoms with Gasteiger partial charge < -0.3 is 25.6 Å². The third-order valence-electron chi connectivity index (χ3n) is 8.10. The van der Waals surface area contributed by atoms with Crippen LogP contribution in [0.15, 0.2) is 42.5 Å². The quantitative estimate of drug-likeness (QED) is 0.385. The Kier molecular flexibility index (Phi) is 6.18. The molecule has 4 atom stereocenters. The molecule has 0 bridgehead atoms. The van der Waals surface area contributed by atoms with Crippen molar-refractivity contribution in [1.29, 1.82) is 0 Å². The van der Waals surface area contributed by atoms with Gasteiger partial charge in [-0.1, -0.05) is 41.9 Å². The predicted molar refractivity (Wildman–Crippen MR) is 138 cm³/mol. The summed E-state index contributed by atoms with van der Waals surface area (Å²) in [5.41, 5.74) is 0.175. The number of amides is 1. The van der Waals surface area contributed by atoms with Gasteiger partial charge >= 0.3 is 0 Å². The number of fused-ring (bicyclic) bond motifs is 2. The fraction of sp³-hybridized carbons (Fsp3) is 0.345. The van der Waals surface area contributed by atoms with Crippen LogP contribution in [0.25, 0.3) is 11.1 Å². The molecule has 198 valence electrons. The van der Waals surface area contributed by atoms with E-state index >= 15 is 8.78 Å². The van der Waals surface area contributed by atoms with Crippen molar-refractivity contribution in [2.24, 2.45) is 0 Å². The average Bonchev–Trinajstić information content (AvgIpc) is 3.64. The maximum absolute atomic E-state index is 16.4. The number of hydrogen-bond acceptors (Lipinski definition) is 5. The third kappa shape index (κ3) is 3.66. The van der Waals surface area contributed by atoms with Crippen molar-refractivity contribution in [3.8, 4) is 16.9 Å². The maximum atomic E-state index is 16.4. The Morgan fingerprint density at radius 2 is 1.92 bits per heavy atom. The Bertz CT molecular complexity index is 1440. The number of carbonyl (C=O) groups is 1. The Labute approximate surface area is 223 Å². The number of ether oxygens (including phenoxy) is 1. The van der Waals surface area contributed by atoms with Crippen molar-refractivity contribution in [1.82, 2.24) is 10.6 Å². The van der Waals surface area contributed by atoms with E-state index in [4.69, 9.17) is 16.3 Å². The molecule has 1 saturated heterocycles. The van der Waals surface area contributed by atoms with Crippen LogP contribution in [0.4, 0.5) is 8.78 Å². The first-order chi connectivity index (χ1) is 18.3. The molecule has 9 heteroatoms. The van der Waals surface area contributed by atoms with Gasteiger partial charge in [0.25, 0.3) is 5.91 Å². The van der Waals surface area contributed by atoms with E-state index in [2.05, 4.69) is 10.6 Å². The van der Waals surface area contributed by atoms with Gasteiger partial charge in [0.05, 0.1) is 28.8 Å². The molecule has 0 radical (unpaired) electrons. The summed E-state index contributed by atoms with van der Waals surface area (Å²) in [4.78, 5) is 13.0. The van der Waals surface area contributed by atoms with Crippen molar-refractivity contribution < 1.29 is 28.5 Å². The molecule has 2 unspecified atom stereocenters.